The molecule has 2 aromatic rings. The van der Waals surface area contributed by atoms with Crippen LogP contribution in [0.15, 0.2) is 53.5 Å². The minimum Gasteiger partial charge on any atom is -0.351 e. The average Bonchev–Trinajstić information content (AvgIpc) is 2.57. The first-order chi connectivity index (χ1) is 11.0. The monoisotopic (exact) mass is 326 g/mol. The third-order valence-electron chi connectivity index (χ3n) is 3.80. The number of pyridine rings is 1. The summed E-state index contributed by atoms with van der Waals surface area (Å²) in [4.78, 5) is 28.8. The van der Waals surface area contributed by atoms with Gasteiger partial charge in [-0.25, -0.2) is 0 Å². The molecule has 116 valence electrons. The topological polar surface area (TPSA) is 59.1 Å². The zero-order chi connectivity index (χ0) is 16.6. The number of allylic oxidation sites excluding steroid dienone is 2. The third-order valence-corrected chi connectivity index (χ3v) is 4.16. The molecule has 4 nitrogen and oxygen atoms in total. The molecule has 1 aliphatic carbocycles. The number of ketones is 2. The molecule has 0 saturated carbocycles. The summed E-state index contributed by atoms with van der Waals surface area (Å²) in [5.74, 6) is -0.279. The van der Waals surface area contributed by atoms with Gasteiger partial charge in [-0.2, -0.15) is 0 Å². The van der Waals surface area contributed by atoms with E-state index in [9.17, 15) is 9.59 Å². The van der Waals surface area contributed by atoms with Crippen molar-refractivity contribution in [2.24, 2.45) is 0 Å². The SMILES string of the molecule is CC(C)c1ccc(NC2=C(Cl)C(=O)c3ccncc3C2=O)cc1. The molecule has 1 aliphatic rings. The van der Waals surface area contributed by atoms with Crippen LogP contribution in [0.25, 0.3) is 0 Å². The Hall–Kier alpha value is -2.46. The van der Waals surface area contributed by atoms with E-state index in [4.69, 9.17) is 11.6 Å². The number of Topliss-reactive ketones (excluding diaryl/α,β-unsaturated/α-hetero) is 2. The van der Waals surface area contributed by atoms with Crippen LogP contribution in [0.2, 0.25) is 0 Å². The van der Waals surface area contributed by atoms with Crippen molar-refractivity contribution in [3.05, 3.63) is 70.1 Å². The fraction of sp³-hybridized carbons (Fsp3) is 0.167. The molecule has 0 spiro atoms. The number of carbonyl (C=O) groups excluding carboxylic acids is 2. The van der Waals surface area contributed by atoms with Crippen LogP contribution >= 0.6 is 11.6 Å². The van der Waals surface area contributed by atoms with Crippen molar-refractivity contribution in [3.63, 3.8) is 0 Å². The number of fused-ring (bicyclic) bond motifs is 1. The Labute approximate surface area is 139 Å². The van der Waals surface area contributed by atoms with Crippen LogP contribution in [0.3, 0.4) is 0 Å². The number of hydrogen-bond donors (Lipinski definition) is 1. The summed E-state index contributed by atoms with van der Waals surface area (Å²) >= 11 is 6.11. The summed E-state index contributed by atoms with van der Waals surface area (Å²) in [5, 5.41) is 2.87. The summed E-state index contributed by atoms with van der Waals surface area (Å²) in [6.07, 6.45) is 2.86. The zero-order valence-electron chi connectivity index (χ0n) is 12.8. The van der Waals surface area contributed by atoms with E-state index in [0.717, 1.165) is 0 Å². The van der Waals surface area contributed by atoms with E-state index < -0.39 is 0 Å². The molecule has 0 fully saturated rings. The Morgan fingerprint density at radius 2 is 1.70 bits per heavy atom. The van der Waals surface area contributed by atoms with Crippen molar-refractivity contribution in [1.29, 1.82) is 0 Å². The molecule has 1 N–H and O–H groups in total. The summed E-state index contributed by atoms with van der Waals surface area (Å²) < 4.78 is 0. The van der Waals surface area contributed by atoms with Gasteiger partial charge in [0.25, 0.3) is 0 Å². The van der Waals surface area contributed by atoms with Crippen molar-refractivity contribution in [2.45, 2.75) is 19.8 Å². The Morgan fingerprint density at radius 3 is 2.35 bits per heavy atom. The van der Waals surface area contributed by atoms with Gasteiger partial charge < -0.3 is 5.32 Å². The number of carbonyl (C=O) groups is 2. The smallest absolute Gasteiger partial charge is 0.213 e. The number of nitrogens with one attached hydrogen (secondary N) is 1. The number of benzene rings is 1. The van der Waals surface area contributed by atoms with Gasteiger partial charge in [0.15, 0.2) is 0 Å². The standard InChI is InChI=1S/C18H15ClN2O2/c1-10(2)11-3-5-12(6-4-11)21-16-15(19)17(22)13-7-8-20-9-14(13)18(16)23/h3-10,21H,1-2H3. The van der Waals surface area contributed by atoms with Crippen LogP contribution in [0.4, 0.5) is 5.69 Å². The molecule has 0 amide bonds. The number of anilines is 1. The normalized spacial score (nSPS) is 14.3. The molecule has 1 aromatic carbocycles. The number of halogens is 1. The van der Waals surface area contributed by atoms with Gasteiger partial charge in [0.2, 0.25) is 11.6 Å². The Bertz CT molecular complexity index is 823. The van der Waals surface area contributed by atoms with Crippen molar-refractivity contribution in [3.8, 4) is 0 Å². The molecule has 0 unspecified atom stereocenters. The van der Waals surface area contributed by atoms with Crippen LogP contribution < -0.4 is 5.32 Å². The third kappa shape index (κ3) is 2.78. The van der Waals surface area contributed by atoms with Gasteiger partial charge in [-0.15, -0.1) is 0 Å². The molecular weight excluding hydrogens is 312 g/mol. The van der Waals surface area contributed by atoms with E-state index in [1.807, 2.05) is 24.3 Å². The molecule has 23 heavy (non-hydrogen) atoms. The van der Waals surface area contributed by atoms with Crippen molar-refractivity contribution in [2.75, 3.05) is 5.32 Å². The highest BCUT2D eigenvalue weighted by Crippen LogP contribution is 2.29. The van der Waals surface area contributed by atoms with Crippen molar-refractivity contribution >= 4 is 28.9 Å². The maximum Gasteiger partial charge on any atom is 0.213 e. The van der Waals surface area contributed by atoms with Crippen LogP contribution in [-0.4, -0.2) is 16.6 Å². The summed E-state index contributed by atoms with van der Waals surface area (Å²) in [6, 6.07) is 9.19. The highest BCUT2D eigenvalue weighted by atomic mass is 35.5. The first-order valence-corrected chi connectivity index (χ1v) is 7.67. The average molecular weight is 327 g/mol. The van der Waals surface area contributed by atoms with Gasteiger partial charge in [-0.3, -0.25) is 14.6 Å². The molecule has 0 saturated heterocycles. The van der Waals surface area contributed by atoms with E-state index in [0.29, 0.717) is 11.6 Å². The Morgan fingerprint density at radius 1 is 1.00 bits per heavy atom. The fourth-order valence-electron chi connectivity index (χ4n) is 2.45. The Balaban J connectivity index is 1.95. The van der Waals surface area contributed by atoms with Crippen LogP contribution in [0.1, 0.15) is 46.0 Å². The first-order valence-electron chi connectivity index (χ1n) is 7.29. The van der Waals surface area contributed by atoms with Crippen LogP contribution in [0, 0.1) is 0 Å². The Kier molecular flexibility index (Phi) is 4.01. The predicted octanol–water partition coefficient (Wildman–Crippen LogP) is 4.15. The fourth-order valence-corrected chi connectivity index (χ4v) is 2.68. The molecule has 3 rings (SSSR count). The van der Waals surface area contributed by atoms with Crippen LogP contribution in [0.5, 0.6) is 0 Å². The van der Waals surface area contributed by atoms with E-state index in [-0.39, 0.29) is 33.4 Å². The largest absolute Gasteiger partial charge is 0.351 e. The highest BCUT2D eigenvalue weighted by molar-refractivity contribution is 6.50. The van der Waals surface area contributed by atoms with E-state index >= 15 is 0 Å². The molecule has 5 heteroatoms. The number of nitrogens with zero attached hydrogens (tertiary/aromatic N) is 1. The summed E-state index contributed by atoms with van der Waals surface area (Å²) in [7, 11) is 0. The molecule has 0 atom stereocenters. The minimum atomic E-state index is -0.370. The van der Waals surface area contributed by atoms with Crippen LogP contribution in [-0.2, 0) is 0 Å². The molecule has 0 radical (unpaired) electrons. The maximum absolute atomic E-state index is 12.6. The zero-order valence-corrected chi connectivity index (χ0v) is 13.5. The molecule has 0 bridgehead atoms. The van der Waals surface area contributed by atoms with Gasteiger partial charge in [-0.1, -0.05) is 37.6 Å². The van der Waals surface area contributed by atoms with Crippen molar-refractivity contribution in [1.82, 2.24) is 4.98 Å². The summed E-state index contributed by atoms with van der Waals surface area (Å²) in [6.45, 7) is 4.21. The predicted molar refractivity (Wildman–Crippen MR) is 89.9 cm³/mol. The quantitative estimate of drug-likeness (QED) is 0.920. The molecule has 1 heterocycles. The lowest BCUT2D eigenvalue weighted by molar-refractivity contribution is 0.0981. The second kappa shape index (κ2) is 5.97. The van der Waals surface area contributed by atoms with E-state index in [1.54, 1.807) is 0 Å². The van der Waals surface area contributed by atoms with E-state index in [1.165, 1.54) is 24.0 Å². The number of hydrogen-bond acceptors (Lipinski definition) is 4. The molecule has 1 aromatic heterocycles. The summed E-state index contributed by atoms with van der Waals surface area (Å²) in [5.41, 5.74) is 2.54. The van der Waals surface area contributed by atoms with Gasteiger partial charge >= 0.3 is 0 Å². The van der Waals surface area contributed by atoms with Gasteiger partial charge in [0, 0.05) is 23.6 Å². The van der Waals surface area contributed by atoms with Gasteiger partial charge in [0.05, 0.1) is 5.56 Å². The maximum atomic E-state index is 12.6. The minimum absolute atomic E-state index is 0.0921. The second-order valence-corrected chi connectivity index (χ2v) is 6.05. The number of rotatable bonds is 3. The van der Waals surface area contributed by atoms with Gasteiger partial charge in [-0.05, 0) is 29.7 Å². The van der Waals surface area contributed by atoms with E-state index in [2.05, 4.69) is 24.1 Å². The number of aromatic nitrogens is 1. The van der Waals surface area contributed by atoms with Crippen molar-refractivity contribution < 1.29 is 9.59 Å². The lowest BCUT2D eigenvalue weighted by atomic mass is 9.94. The lowest BCUT2D eigenvalue weighted by Gasteiger charge is -2.18. The molecular formula is C18H15ClN2O2. The van der Waals surface area contributed by atoms with Gasteiger partial charge in [0.1, 0.15) is 10.7 Å². The first kappa shape index (κ1) is 15.4. The lowest BCUT2D eigenvalue weighted by Crippen LogP contribution is -2.24. The highest BCUT2D eigenvalue weighted by Gasteiger charge is 2.31. The molecule has 0 aliphatic heterocycles. The second-order valence-electron chi connectivity index (χ2n) is 5.67.